The first kappa shape index (κ1) is 17.9. The van der Waals surface area contributed by atoms with Crippen molar-refractivity contribution in [1.82, 2.24) is 5.32 Å². The maximum absolute atomic E-state index is 12.8. The third-order valence-corrected chi connectivity index (χ3v) is 3.88. The smallest absolute Gasteiger partial charge is 0.251 e. The zero-order chi connectivity index (χ0) is 17.6. The first-order chi connectivity index (χ1) is 11.3. The van der Waals surface area contributed by atoms with Crippen molar-refractivity contribution < 1.29 is 17.6 Å². The van der Waals surface area contributed by atoms with Gasteiger partial charge in [0.1, 0.15) is 5.82 Å². The van der Waals surface area contributed by atoms with E-state index in [0.717, 1.165) is 24.7 Å². The summed E-state index contributed by atoms with van der Waals surface area (Å²) >= 11 is 0. The van der Waals surface area contributed by atoms with E-state index in [1.807, 2.05) is 0 Å². The molecular weight excluding hydrogens is 331 g/mol. The van der Waals surface area contributed by atoms with Crippen molar-refractivity contribution in [1.29, 1.82) is 0 Å². The molecule has 0 radical (unpaired) electrons. The topological polar surface area (TPSA) is 75.3 Å². The second kappa shape index (κ2) is 7.92. The van der Waals surface area contributed by atoms with Crippen molar-refractivity contribution in [3.8, 4) is 0 Å². The van der Waals surface area contributed by atoms with Gasteiger partial charge in [-0.15, -0.1) is 0 Å². The molecule has 0 bridgehead atoms. The summed E-state index contributed by atoms with van der Waals surface area (Å²) in [4.78, 5) is 12.1. The summed E-state index contributed by atoms with van der Waals surface area (Å²) in [5.74, 6) is -0.541. The van der Waals surface area contributed by atoms with E-state index in [0.29, 0.717) is 17.8 Å². The highest BCUT2D eigenvalue weighted by atomic mass is 32.2. The predicted octanol–water partition coefficient (Wildman–Crippen LogP) is 2.56. The first-order valence-electron chi connectivity index (χ1n) is 7.44. The Hall–Kier alpha value is -2.41. The van der Waals surface area contributed by atoms with Crippen LogP contribution in [0, 0.1) is 5.82 Å². The molecule has 24 heavy (non-hydrogen) atoms. The van der Waals surface area contributed by atoms with Crippen molar-refractivity contribution in [3.05, 3.63) is 65.5 Å². The molecule has 0 heterocycles. The van der Waals surface area contributed by atoms with Crippen LogP contribution in [0.15, 0.2) is 48.5 Å². The van der Waals surface area contributed by atoms with Crippen LogP contribution < -0.4 is 10.0 Å². The van der Waals surface area contributed by atoms with E-state index in [9.17, 15) is 17.6 Å². The fourth-order valence-electron chi connectivity index (χ4n) is 2.19. The Morgan fingerprint density at radius 3 is 2.50 bits per heavy atom. The minimum absolute atomic E-state index is 0.269. The monoisotopic (exact) mass is 350 g/mol. The number of sulfonamides is 1. The summed E-state index contributed by atoms with van der Waals surface area (Å²) in [7, 11) is -3.38. The van der Waals surface area contributed by atoms with Crippen LogP contribution in [-0.2, 0) is 16.4 Å². The largest absolute Gasteiger partial charge is 0.352 e. The van der Waals surface area contributed by atoms with Crippen molar-refractivity contribution in [2.24, 2.45) is 0 Å². The number of hydrogen-bond acceptors (Lipinski definition) is 3. The van der Waals surface area contributed by atoms with Crippen LogP contribution in [0.4, 0.5) is 10.1 Å². The van der Waals surface area contributed by atoms with E-state index in [1.54, 1.807) is 30.3 Å². The van der Waals surface area contributed by atoms with Crippen LogP contribution in [0.2, 0.25) is 0 Å². The number of benzene rings is 2. The molecule has 2 aromatic carbocycles. The number of anilines is 1. The molecule has 128 valence electrons. The minimum atomic E-state index is -3.38. The van der Waals surface area contributed by atoms with Crippen molar-refractivity contribution in [3.63, 3.8) is 0 Å². The number of carbonyl (C=O) groups is 1. The van der Waals surface area contributed by atoms with Gasteiger partial charge >= 0.3 is 0 Å². The normalized spacial score (nSPS) is 11.1. The van der Waals surface area contributed by atoms with Gasteiger partial charge in [0.15, 0.2) is 0 Å². The first-order valence-corrected chi connectivity index (χ1v) is 9.33. The molecular formula is C17H19FN2O3S. The molecule has 0 aliphatic heterocycles. The molecule has 2 N–H and O–H groups in total. The van der Waals surface area contributed by atoms with E-state index < -0.39 is 10.0 Å². The fourth-order valence-corrected chi connectivity index (χ4v) is 2.74. The van der Waals surface area contributed by atoms with Gasteiger partial charge in [-0.1, -0.05) is 18.2 Å². The van der Waals surface area contributed by atoms with Gasteiger partial charge in [-0.05, 0) is 48.7 Å². The van der Waals surface area contributed by atoms with Crippen LogP contribution in [-0.4, -0.2) is 27.1 Å². The molecule has 0 spiro atoms. The fraction of sp³-hybridized carbons (Fsp3) is 0.235. The Kier molecular flexibility index (Phi) is 5.92. The number of aryl methyl sites for hydroxylation is 1. The Morgan fingerprint density at radius 2 is 1.83 bits per heavy atom. The molecule has 0 fully saturated rings. The molecule has 1 amide bonds. The molecule has 0 atom stereocenters. The van der Waals surface area contributed by atoms with Gasteiger partial charge in [-0.25, -0.2) is 12.8 Å². The van der Waals surface area contributed by atoms with Crippen LogP contribution in [0.25, 0.3) is 0 Å². The van der Waals surface area contributed by atoms with Crippen LogP contribution in [0.5, 0.6) is 0 Å². The lowest BCUT2D eigenvalue weighted by Crippen LogP contribution is -2.25. The standard InChI is InChI=1S/C17H19FN2O3S/c1-24(22,23)20-16-6-2-5-14(12-16)17(21)19-11-3-4-13-7-9-15(18)10-8-13/h2,5-10,12,20H,3-4,11H2,1H3,(H,19,21). The van der Waals surface area contributed by atoms with E-state index in [2.05, 4.69) is 10.0 Å². The quantitative estimate of drug-likeness (QED) is 0.754. The molecule has 0 unspecified atom stereocenters. The van der Waals surface area contributed by atoms with Crippen molar-refractivity contribution in [2.45, 2.75) is 12.8 Å². The van der Waals surface area contributed by atoms with Crippen LogP contribution >= 0.6 is 0 Å². The molecule has 0 saturated heterocycles. The minimum Gasteiger partial charge on any atom is -0.352 e. The van der Waals surface area contributed by atoms with Crippen LogP contribution in [0.1, 0.15) is 22.3 Å². The van der Waals surface area contributed by atoms with Gasteiger partial charge in [0.05, 0.1) is 6.26 Å². The maximum atomic E-state index is 12.8. The van der Waals surface area contributed by atoms with Crippen LogP contribution in [0.3, 0.4) is 0 Å². The lowest BCUT2D eigenvalue weighted by atomic mass is 10.1. The molecule has 0 aromatic heterocycles. The van der Waals surface area contributed by atoms with Gasteiger partial charge in [0.2, 0.25) is 10.0 Å². The van der Waals surface area contributed by atoms with E-state index in [4.69, 9.17) is 0 Å². The third-order valence-electron chi connectivity index (χ3n) is 3.27. The van der Waals surface area contributed by atoms with E-state index in [1.165, 1.54) is 18.2 Å². The highest BCUT2D eigenvalue weighted by Gasteiger charge is 2.08. The number of nitrogens with one attached hydrogen (secondary N) is 2. The zero-order valence-electron chi connectivity index (χ0n) is 13.3. The van der Waals surface area contributed by atoms with E-state index >= 15 is 0 Å². The molecule has 0 aliphatic carbocycles. The molecule has 0 aliphatic rings. The Bertz CT molecular complexity index is 805. The Morgan fingerprint density at radius 1 is 1.12 bits per heavy atom. The highest BCUT2D eigenvalue weighted by molar-refractivity contribution is 7.92. The number of amides is 1. The van der Waals surface area contributed by atoms with E-state index in [-0.39, 0.29) is 11.7 Å². The lowest BCUT2D eigenvalue weighted by molar-refractivity contribution is 0.0953. The van der Waals surface area contributed by atoms with Crippen molar-refractivity contribution in [2.75, 3.05) is 17.5 Å². The second-order valence-corrected chi connectivity index (χ2v) is 7.19. The summed E-state index contributed by atoms with van der Waals surface area (Å²) < 4.78 is 37.6. The second-order valence-electron chi connectivity index (χ2n) is 5.44. The molecule has 0 saturated carbocycles. The highest BCUT2D eigenvalue weighted by Crippen LogP contribution is 2.12. The molecule has 5 nitrogen and oxygen atoms in total. The Labute approximate surface area is 141 Å². The van der Waals surface area contributed by atoms with Gasteiger partial charge in [0.25, 0.3) is 5.91 Å². The number of rotatable bonds is 7. The maximum Gasteiger partial charge on any atom is 0.251 e. The van der Waals surface area contributed by atoms with Gasteiger partial charge in [-0.2, -0.15) is 0 Å². The molecule has 2 aromatic rings. The number of carbonyl (C=O) groups excluding carboxylic acids is 1. The summed E-state index contributed by atoms with van der Waals surface area (Å²) in [6.07, 6.45) is 2.50. The number of halogens is 1. The van der Waals surface area contributed by atoms with Gasteiger partial charge in [-0.3, -0.25) is 9.52 Å². The summed E-state index contributed by atoms with van der Waals surface area (Å²) in [5, 5.41) is 2.78. The third kappa shape index (κ3) is 6.00. The SMILES string of the molecule is CS(=O)(=O)Nc1cccc(C(=O)NCCCc2ccc(F)cc2)c1. The van der Waals surface area contributed by atoms with Crippen molar-refractivity contribution >= 4 is 21.6 Å². The summed E-state index contributed by atoms with van der Waals surface area (Å²) in [6, 6.07) is 12.5. The van der Waals surface area contributed by atoms with Gasteiger partial charge < -0.3 is 5.32 Å². The lowest BCUT2D eigenvalue weighted by Gasteiger charge is -2.08. The average molecular weight is 350 g/mol. The predicted molar refractivity (Wildman–Crippen MR) is 92.0 cm³/mol. The number of hydrogen-bond donors (Lipinski definition) is 2. The van der Waals surface area contributed by atoms with Gasteiger partial charge in [0, 0.05) is 17.8 Å². The summed E-state index contributed by atoms with van der Waals surface area (Å²) in [6.45, 7) is 0.472. The Balaban J connectivity index is 1.84. The molecule has 7 heteroatoms. The summed E-state index contributed by atoms with van der Waals surface area (Å²) in [5.41, 5.74) is 1.73. The molecule has 2 rings (SSSR count). The zero-order valence-corrected chi connectivity index (χ0v) is 14.1. The average Bonchev–Trinajstić information content (AvgIpc) is 2.51.